The summed E-state index contributed by atoms with van der Waals surface area (Å²) in [4.78, 5) is 16.9. The first kappa shape index (κ1) is 12.5. The summed E-state index contributed by atoms with van der Waals surface area (Å²) in [7, 11) is 0. The molecule has 0 radical (unpaired) electrons. The maximum atomic E-state index is 11.2. The number of rotatable bonds is 3. The lowest BCUT2D eigenvalue weighted by atomic mass is 10.2. The second-order valence-corrected chi connectivity index (χ2v) is 6.54. The van der Waals surface area contributed by atoms with Crippen LogP contribution in [0.5, 0.6) is 0 Å². The summed E-state index contributed by atoms with van der Waals surface area (Å²) >= 11 is 8.66. The van der Waals surface area contributed by atoms with Crippen LogP contribution in [0.3, 0.4) is 0 Å². The van der Waals surface area contributed by atoms with Crippen LogP contribution in [0.2, 0.25) is 4.34 Å². The monoisotopic (exact) mass is 287 g/mol. The molecular weight excluding hydrogens is 278 g/mol. The molecule has 1 N–H and O–H groups in total. The van der Waals surface area contributed by atoms with E-state index in [-0.39, 0.29) is 11.6 Å². The third-order valence-corrected chi connectivity index (χ3v) is 4.90. The Bertz CT molecular complexity index is 560. The highest BCUT2D eigenvalue weighted by atomic mass is 35.5. The van der Waals surface area contributed by atoms with Crippen molar-refractivity contribution in [1.29, 1.82) is 0 Å². The number of aromatic carboxylic acids is 1. The molecule has 0 amide bonds. The van der Waals surface area contributed by atoms with Gasteiger partial charge in [0.05, 0.1) is 14.2 Å². The van der Waals surface area contributed by atoms with Crippen molar-refractivity contribution in [3.05, 3.63) is 27.2 Å². The van der Waals surface area contributed by atoms with Crippen LogP contribution in [0.15, 0.2) is 12.1 Å². The van der Waals surface area contributed by atoms with Gasteiger partial charge in [0.25, 0.3) is 0 Å². The molecule has 0 aromatic carbocycles. The predicted molar refractivity (Wildman–Crippen MR) is 71.5 cm³/mol. The largest absolute Gasteiger partial charge is 0.476 e. The van der Waals surface area contributed by atoms with Gasteiger partial charge in [0.1, 0.15) is 0 Å². The summed E-state index contributed by atoms with van der Waals surface area (Å²) in [6, 6.07) is 3.60. The van der Waals surface area contributed by atoms with E-state index < -0.39 is 5.97 Å². The van der Waals surface area contributed by atoms with Gasteiger partial charge in [-0.15, -0.1) is 22.7 Å². The molecule has 2 heterocycles. The Hall–Kier alpha value is -0.910. The van der Waals surface area contributed by atoms with Crippen molar-refractivity contribution >= 4 is 40.2 Å². The maximum absolute atomic E-state index is 11.2. The van der Waals surface area contributed by atoms with Crippen LogP contribution in [0.1, 0.15) is 35.3 Å². The van der Waals surface area contributed by atoms with Gasteiger partial charge in [-0.3, -0.25) is 0 Å². The van der Waals surface area contributed by atoms with E-state index in [4.69, 9.17) is 16.7 Å². The summed E-state index contributed by atoms with van der Waals surface area (Å²) in [6.45, 7) is 3.99. The number of halogens is 1. The highest BCUT2D eigenvalue weighted by molar-refractivity contribution is 7.24. The van der Waals surface area contributed by atoms with Gasteiger partial charge in [0.15, 0.2) is 5.69 Å². The van der Waals surface area contributed by atoms with Gasteiger partial charge >= 0.3 is 5.97 Å². The number of carbonyl (C=O) groups is 1. The average molecular weight is 288 g/mol. The minimum Gasteiger partial charge on any atom is -0.476 e. The van der Waals surface area contributed by atoms with Crippen molar-refractivity contribution in [1.82, 2.24) is 4.98 Å². The Balaban J connectivity index is 2.55. The van der Waals surface area contributed by atoms with E-state index in [0.29, 0.717) is 9.21 Å². The molecular formula is C11H10ClNO2S2. The summed E-state index contributed by atoms with van der Waals surface area (Å²) in [5.74, 6) is -0.769. The van der Waals surface area contributed by atoms with E-state index in [2.05, 4.69) is 4.98 Å². The zero-order valence-electron chi connectivity index (χ0n) is 9.23. The minimum absolute atomic E-state index is 0.122. The number of thiazole rings is 1. The fourth-order valence-electron chi connectivity index (χ4n) is 1.33. The average Bonchev–Trinajstić information content (AvgIpc) is 2.82. The molecule has 0 saturated heterocycles. The molecule has 0 aliphatic heterocycles. The molecule has 0 aliphatic carbocycles. The highest BCUT2D eigenvalue weighted by Gasteiger charge is 2.21. The number of hydrogen-bond acceptors (Lipinski definition) is 4. The van der Waals surface area contributed by atoms with E-state index >= 15 is 0 Å². The topological polar surface area (TPSA) is 50.2 Å². The van der Waals surface area contributed by atoms with Gasteiger partial charge in [-0.2, -0.15) is 0 Å². The number of aromatic nitrogens is 1. The van der Waals surface area contributed by atoms with E-state index in [0.717, 1.165) is 9.88 Å². The van der Waals surface area contributed by atoms with Crippen LogP contribution < -0.4 is 0 Å². The summed E-state index contributed by atoms with van der Waals surface area (Å²) in [5.41, 5.74) is 0.122. The van der Waals surface area contributed by atoms with Crippen molar-refractivity contribution < 1.29 is 9.90 Å². The number of carboxylic acid groups (broad SMARTS) is 1. The molecule has 0 saturated carbocycles. The van der Waals surface area contributed by atoms with E-state index in [9.17, 15) is 4.79 Å². The maximum Gasteiger partial charge on any atom is 0.356 e. The second-order valence-electron chi connectivity index (χ2n) is 3.79. The molecule has 2 aromatic heterocycles. The molecule has 0 unspecified atom stereocenters. The smallest absolute Gasteiger partial charge is 0.356 e. The fourth-order valence-corrected chi connectivity index (χ4v) is 3.55. The Kier molecular flexibility index (Phi) is 3.51. The third kappa shape index (κ3) is 2.51. The first-order valence-electron chi connectivity index (χ1n) is 4.98. The highest BCUT2D eigenvalue weighted by Crippen LogP contribution is 2.38. The number of thiophene rings is 1. The summed E-state index contributed by atoms with van der Waals surface area (Å²) in [5, 5.41) is 9.98. The SMILES string of the molecule is CC(C)c1nc(C(=O)O)c(-c2ccc(Cl)s2)s1. The van der Waals surface area contributed by atoms with Crippen LogP contribution in [0, 0.1) is 0 Å². The fraction of sp³-hybridized carbons (Fsp3) is 0.273. The first-order chi connectivity index (χ1) is 7.99. The van der Waals surface area contributed by atoms with Crippen molar-refractivity contribution in [3.63, 3.8) is 0 Å². The lowest BCUT2D eigenvalue weighted by Crippen LogP contribution is -1.99. The normalized spacial score (nSPS) is 11.1. The third-order valence-electron chi connectivity index (χ3n) is 2.14. The molecule has 0 atom stereocenters. The Morgan fingerprint density at radius 2 is 2.12 bits per heavy atom. The molecule has 0 fully saturated rings. The Labute approximate surface area is 112 Å². The number of nitrogens with zero attached hydrogens (tertiary/aromatic N) is 1. The molecule has 0 aliphatic rings. The van der Waals surface area contributed by atoms with Crippen LogP contribution >= 0.6 is 34.3 Å². The number of carboxylic acids is 1. The molecule has 0 spiro atoms. The summed E-state index contributed by atoms with van der Waals surface area (Å²) < 4.78 is 0.649. The summed E-state index contributed by atoms with van der Waals surface area (Å²) in [6.07, 6.45) is 0. The van der Waals surface area contributed by atoms with Crippen molar-refractivity contribution in [2.45, 2.75) is 19.8 Å². The van der Waals surface area contributed by atoms with Crippen LogP contribution in [-0.2, 0) is 0 Å². The van der Waals surface area contributed by atoms with Crippen LogP contribution in [0.25, 0.3) is 9.75 Å². The van der Waals surface area contributed by atoms with E-state index in [1.165, 1.54) is 22.7 Å². The molecule has 0 bridgehead atoms. The van der Waals surface area contributed by atoms with Crippen molar-refractivity contribution in [2.75, 3.05) is 0 Å². The van der Waals surface area contributed by atoms with Gasteiger partial charge in [0, 0.05) is 10.8 Å². The van der Waals surface area contributed by atoms with E-state index in [1.807, 2.05) is 19.9 Å². The Morgan fingerprint density at radius 1 is 1.41 bits per heavy atom. The van der Waals surface area contributed by atoms with Crippen LogP contribution in [-0.4, -0.2) is 16.1 Å². The molecule has 3 nitrogen and oxygen atoms in total. The minimum atomic E-state index is -0.993. The predicted octanol–water partition coefficient (Wildman–Crippen LogP) is 4.35. The van der Waals surface area contributed by atoms with Gasteiger partial charge in [-0.1, -0.05) is 25.4 Å². The van der Waals surface area contributed by atoms with E-state index in [1.54, 1.807) is 6.07 Å². The molecule has 17 heavy (non-hydrogen) atoms. The van der Waals surface area contributed by atoms with Gasteiger partial charge in [-0.05, 0) is 12.1 Å². The lowest BCUT2D eigenvalue weighted by molar-refractivity contribution is 0.0692. The molecule has 90 valence electrons. The standard InChI is InChI=1S/C11H10ClNO2S2/c1-5(2)10-13-8(11(14)15)9(17-10)6-3-4-7(12)16-6/h3-5H,1-2H3,(H,14,15). The zero-order valence-corrected chi connectivity index (χ0v) is 11.6. The van der Waals surface area contributed by atoms with Crippen molar-refractivity contribution in [2.24, 2.45) is 0 Å². The lowest BCUT2D eigenvalue weighted by Gasteiger charge is -1.94. The van der Waals surface area contributed by atoms with Gasteiger partial charge < -0.3 is 5.11 Å². The first-order valence-corrected chi connectivity index (χ1v) is 7.00. The number of hydrogen-bond donors (Lipinski definition) is 1. The van der Waals surface area contributed by atoms with Crippen LogP contribution in [0.4, 0.5) is 0 Å². The molecule has 6 heteroatoms. The Morgan fingerprint density at radius 3 is 2.59 bits per heavy atom. The van der Waals surface area contributed by atoms with Gasteiger partial charge in [0.2, 0.25) is 0 Å². The van der Waals surface area contributed by atoms with Gasteiger partial charge in [-0.25, -0.2) is 9.78 Å². The van der Waals surface area contributed by atoms with Crippen molar-refractivity contribution in [3.8, 4) is 9.75 Å². The zero-order chi connectivity index (χ0) is 12.6. The second kappa shape index (κ2) is 4.76. The quantitative estimate of drug-likeness (QED) is 0.913. The molecule has 2 aromatic rings. The molecule has 2 rings (SSSR count).